The predicted octanol–water partition coefficient (Wildman–Crippen LogP) is 4.06. The van der Waals surface area contributed by atoms with Gasteiger partial charge < -0.3 is 10.5 Å². The molecule has 178 valence electrons. The second-order valence-corrected chi connectivity index (χ2v) is 9.11. The highest BCUT2D eigenvalue weighted by Crippen LogP contribution is 2.49. The van der Waals surface area contributed by atoms with Crippen LogP contribution in [0.25, 0.3) is 5.57 Å². The lowest BCUT2D eigenvalue weighted by molar-refractivity contribution is -0.00508. The number of hydrogen-bond donors (Lipinski definition) is 1. The smallest absolute Gasteiger partial charge is 0.284 e. The molecule has 0 saturated carbocycles. The van der Waals surface area contributed by atoms with Crippen molar-refractivity contribution in [2.75, 3.05) is 20.2 Å². The molecule has 9 heteroatoms. The number of rotatable bonds is 4. The van der Waals surface area contributed by atoms with Gasteiger partial charge in [-0.25, -0.2) is 18.2 Å². The molecular formula is C25H26F3N5O. The largest absolute Gasteiger partial charge is 0.494 e. The van der Waals surface area contributed by atoms with Crippen LogP contribution in [0.3, 0.4) is 0 Å². The first-order valence-corrected chi connectivity index (χ1v) is 11.2. The molecule has 2 N–H and O–H groups in total. The number of nitrogens with two attached hydrogens (primary N) is 1. The Balaban J connectivity index is 1.60. The van der Waals surface area contributed by atoms with Gasteiger partial charge in [-0.3, -0.25) is 14.9 Å². The van der Waals surface area contributed by atoms with E-state index < -0.39 is 30.4 Å². The third-order valence-corrected chi connectivity index (χ3v) is 6.99. The van der Waals surface area contributed by atoms with Crippen LogP contribution in [0.1, 0.15) is 18.9 Å². The summed E-state index contributed by atoms with van der Waals surface area (Å²) >= 11 is 0. The van der Waals surface area contributed by atoms with Crippen molar-refractivity contribution in [3.63, 3.8) is 0 Å². The molecule has 6 nitrogen and oxygen atoms in total. The van der Waals surface area contributed by atoms with E-state index in [1.165, 1.54) is 12.0 Å². The van der Waals surface area contributed by atoms with E-state index in [0.717, 1.165) is 5.57 Å². The first kappa shape index (κ1) is 22.4. The minimum atomic E-state index is -2.99. The topological polar surface area (TPSA) is 75.6 Å². The average molecular weight is 470 g/mol. The Kier molecular flexibility index (Phi) is 5.37. The second-order valence-electron chi connectivity index (χ2n) is 9.11. The summed E-state index contributed by atoms with van der Waals surface area (Å²) in [5.74, 6) is -3.36. The van der Waals surface area contributed by atoms with E-state index in [9.17, 15) is 8.78 Å². The molecule has 0 radical (unpaired) electrons. The highest BCUT2D eigenvalue weighted by atomic mass is 19.3. The number of aliphatic imine (C=N–C) groups is 3. The summed E-state index contributed by atoms with van der Waals surface area (Å²) in [7, 11) is 1.43. The van der Waals surface area contributed by atoms with Crippen LogP contribution in [0.4, 0.5) is 13.2 Å². The first-order chi connectivity index (χ1) is 16.3. The molecule has 4 atom stereocenters. The van der Waals surface area contributed by atoms with Gasteiger partial charge in [0.2, 0.25) is 0 Å². The van der Waals surface area contributed by atoms with Crippen molar-refractivity contribution < 1.29 is 17.9 Å². The van der Waals surface area contributed by atoms with Crippen molar-refractivity contribution in [1.29, 1.82) is 0 Å². The van der Waals surface area contributed by atoms with Crippen LogP contribution in [0.5, 0.6) is 5.75 Å². The van der Waals surface area contributed by atoms with E-state index >= 15 is 4.39 Å². The van der Waals surface area contributed by atoms with Gasteiger partial charge in [0.1, 0.15) is 17.9 Å². The number of alkyl halides is 2. The molecular weight excluding hydrogens is 443 g/mol. The number of halogens is 3. The molecule has 0 amide bonds. The standard InChI is InChI=1S/C25H26F3N5O/c1-15-12-30-10-9-19(15)25(22-31-13-24(27,28)14-33(22)23(29)32-25)17-6-3-5-16(11-17)18-7-4-8-20(34-2)21(18)26/h3-10,12,15,17,19H,11,13-14H2,1-2H3,(H2,29,32). The fraction of sp³-hybridized carbons (Fsp3) is 0.400. The second kappa shape index (κ2) is 8.14. The van der Waals surface area contributed by atoms with Crippen LogP contribution in [-0.2, 0) is 0 Å². The molecule has 0 aromatic heterocycles. The van der Waals surface area contributed by atoms with Gasteiger partial charge in [-0.05, 0) is 18.1 Å². The Morgan fingerprint density at radius 2 is 2.06 bits per heavy atom. The summed E-state index contributed by atoms with van der Waals surface area (Å²) < 4.78 is 48.8. The highest BCUT2D eigenvalue weighted by molar-refractivity contribution is 6.11. The zero-order valence-electron chi connectivity index (χ0n) is 19.0. The quantitative estimate of drug-likeness (QED) is 0.723. The van der Waals surface area contributed by atoms with Crippen molar-refractivity contribution in [2.24, 2.45) is 38.5 Å². The number of guanidine groups is 1. The molecule has 4 aliphatic rings. The Morgan fingerprint density at radius 1 is 1.24 bits per heavy atom. The van der Waals surface area contributed by atoms with Crippen molar-refractivity contribution >= 4 is 23.6 Å². The summed E-state index contributed by atoms with van der Waals surface area (Å²) in [6.07, 6.45) is 11.6. The van der Waals surface area contributed by atoms with Crippen molar-refractivity contribution in [1.82, 2.24) is 4.90 Å². The monoisotopic (exact) mass is 469 g/mol. The number of amidine groups is 1. The summed E-state index contributed by atoms with van der Waals surface area (Å²) in [5, 5.41) is 0. The maximum absolute atomic E-state index is 15.1. The van der Waals surface area contributed by atoms with E-state index in [1.54, 1.807) is 24.4 Å². The Labute approximate surface area is 196 Å². The van der Waals surface area contributed by atoms with Gasteiger partial charge in [0.25, 0.3) is 5.92 Å². The van der Waals surface area contributed by atoms with E-state index in [4.69, 9.17) is 15.5 Å². The maximum atomic E-state index is 15.1. The van der Waals surface area contributed by atoms with Crippen LogP contribution in [-0.4, -0.2) is 54.6 Å². The van der Waals surface area contributed by atoms with Gasteiger partial charge in [0.15, 0.2) is 17.5 Å². The summed E-state index contributed by atoms with van der Waals surface area (Å²) in [4.78, 5) is 14.8. The third kappa shape index (κ3) is 3.45. The van der Waals surface area contributed by atoms with Gasteiger partial charge >= 0.3 is 0 Å². The number of allylic oxidation sites excluding steroid dienone is 3. The molecule has 0 spiro atoms. The van der Waals surface area contributed by atoms with E-state index in [2.05, 4.69) is 9.98 Å². The van der Waals surface area contributed by atoms with E-state index in [1.807, 2.05) is 37.4 Å². The number of methoxy groups -OCH3 is 1. The molecule has 0 saturated heterocycles. The molecule has 1 aromatic rings. The Bertz CT molecular complexity index is 1180. The van der Waals surface area contributed by atoms with Gasteiger partial charge in [-0.1, -0.05) is 43.4 Å². The molecule has 1 aliphatic carbocycles. The lowest BCUT2D eigenvalue weighted by Gasteiger charge is -2.44. The van der Waals surface area contributed by atoms with Crippen LogP contribution < -0.4 is 10.5 Å². The molecule has 1 aromatic carbocycles. The SMILES string of the molecule is COc1cccc(C2=CC=CC(C3(C4C=CN=CC4C)N=C(N)N4CC(F)(F)CN=C43)C2)c1F. The van der Waals surface area contributed by atoms with Gasteiger partial charge in [0, 0.05) is 35.7 Å². The van der Waals surface area contributed by atoms with E-state index in [-0.39, 0.29) is 29.5 Å². The number of ether oxygens (including phenoxy) is 1. The van der Waals surface area contributed by atoms with Crippen molar-refractivity contribution in [3.05, 3.63) is 60.1 Å². The van der Waals surface area contributed by atoms with Crippen LogP contribution in [0.15, 0.2) is 63.7 Å². The summed E-state index contributed by atoms with van der Waals surface area (Å²) in [5.41, 5.74) is 6.42. The molecule has 0 fully saturated rings. The van der Waals surface area contributed by atoms with Crippen molar-refractivity contribution in [3.8, 4) is 5.75 Å². The lowest BCUT2D eigenvalue weighted by atomic mass is 9.65. The number of nitrogens with zero attached hydrogens (tertiary/aromatic N) is 4. The highest BCUT2D eigenvalue weighted by Gasteiger charge is 2.58. The fourth-order valence-electron chi connectivity index (χ4n) is 5.42. The molecule has 3 heterocycles. The van der Waals surface area contributed by atoms with Crippen LogP contribution >= 0.6 is 0 Å². The van der Waals surface area contributed by atoms with Gasteiger partial charge in [-0.15, -0.1) is 0 Å². The zero-order chi connectivity index (χ0) is 24.1. The van der Waals surface area contributed by atoms with Crippen molar-refractivity contribution in [2.45, 2.75) is 24.8 Å². The predicted molar refractivity (Wildman–Crippen MR) is 127 cm³/mol. The first-order valence-electron chi connectivity index (χ1n) is 11.2. The van der Waals surface area contributed by atoms with Crippen LogP contribution in [0, 0.1) is 23.6 Å². The normalized spacial score (nSPS) is 31.6. The van der Waals surface area contributed by atoms with E-state index in [0.29, 0.717) is 17.8 Å². The number of fused-ring (bicyclic) bond motifs is 1. The Hall–Kier alpha value is -3.36. The van der Waals surface area contributed by atoms with Gasteiger partial charge in [0.05, 0.1) is 13.7 Å². The fourth-order valence-corrected chi connectivity index (χ4v) is 5.42. The number of benzene rings is 1. The molecule has 34 heavy (non-hydrogen) atoms. The minimum Gasteiger partial charge on any atom is -0.494 e. The molecule has 4 unspecified atom stereocenters. The molecule has 5 rings (SSSR count). The zero-order valence-corrected chi connectivity index (χ0v) is 19.0. The summed E-state index contributed by atoms with van der Waals surface area (Å²) in [6, 6.07) is 5.02. The summed E-state index contributed by atoms with van der Waals surface area (Å²) in [6.45, 7) is 0.828. The molecule has 0 bridgehead atoms. The number of hydrogen-bond acceptors (Lipinski definition) is 6. The minimum absolute atomic E-state index is 0.0262. The Morgan fingerprint density at radius 3 is 2.82 bits per heavy atom. The average Bonchev–Trinajstić information content (AvgIpc) is 3.11. The molecule has 3 aliphatic heterocycles. The lowest BCUT2D eigenvalue weighted by Crippen LogP contribution is -2.58. The maximum Gasteiger partial charge on any atom is 0.284 e. The third-order valence-electron chi connectivity index (χ3n) is 6.99. The van der Waals surface area contributed by atoms with Gasteiger partial charge in [-0.2, -0.15) is 0 Å². The van der Waals surface area contributed by atoms with Crippen LogP contribution in [0.2, 0.25) is 0 Å².